The van der Waals surface area contributed by atoms with Gasteiger partial charge < -0.3 is 9.88 Å². The van der Waals surface area contributed by atoms with Crippen molar-refractivity contribution in [1.29, 1.82) is 0 Å². The van der Waals surface area contributed by atoms with Gasteiger partial charge in [-0.2, -0.15) is 0 Å². The smallest absolute Gasteiger partial charge is 0.198 e. The molecule has 3 heterocycles. The van der Waals surface area contributed by atoms with Crippen molar-refractivity contribution in [2.45, 2.75) is 123 Å². The second-order valence-corrected chi connectivity index (χ2v) is 24.6. The van der Waals surface area contributed by atoms with Gasteiger partial charge >= 0.3 is 0 Å². The lowest BCUT2D eigenvalue weighted by molar-refractivity contribution is 0.332. The molecule has 0 spiro atoms. The fourth-order valence-electron chi connectivity index (χ4n) is 12.1. The minimum Gasteiger partial charge on any atom is -0.355 e. The highest BCUT2D eigenvalue weighted by Gasteiger charge is 2.44. The first-order chi connectivity index (χ1) is 30.7. The first kappa shape index (κ1) is 40.9. The van der Waals surface area contributed by atoms with Crippen molar-refractivity contribution in [3.63, 3.8) is 0 Å². The molecule has 0 saturated carbocycles. The molecular formula is C61H60BN2S. The van der Waals surface area contributed by atoms with Crippen LogP contribution in [-0.2, 0) is 27.1 Å². The molecule has 7 aromatic carbocycles. The van der Waals surface area contributed by atoms with Crippen molar-refractivity contribution in [2.24, 2.45) is 0 Å². The normalized spacial score (nSPS) is 16.7. The maximum absolute atomic E-state index is 4.12. The molecule has 1 radical (unpaired) electrons. The monoisotopic (exact) mass is 863 g/mol. The SMILES string of the molecule is CC(C)(C)c1ccc(Nc2cc3c(cc2-c2c4c(c5c6cc(C(C)(C)C)ccc6n6c5c2[B]c2cc5sc7ccccc7c5cc2-6)C(C)(C)c2ccccc2-4)C(C)(C)CCC3(C)C)cc1. The lowest BCUT2D eigenvalue weighted by Crippen LogP contribution is -2.38. The molecule has 12 rings (SSSR count). The summed E-state index contributed by atoms with van der Waals surface area (Å²) in [4.78, 5) is 0. The van der Waals surface area contributed by atoms with Gasteiger partial charge in [-0.3, -0.25) is 0 Å². The highest BCUT2D eigenvalue weighted by atomic mass is 32.1. The summed E-state index contributed by atoms with van der Waals surface area (Å²) in [6, 6.07) is 45.0. The van der Waals surface area contributed by atoms with Gasteiger partial charge in [-0.05, 0) is 145 Å². The number of hydrogen-bond donors (Lipinski definition) is 1. The highest BCUT2D eigenvalue weighted by Crippen LogP contribution is 2.58. The predicted molar refractivity (Wildman–Crippen MR) is 284 cm³/mol. The van der Waals surface area contributed by atoms with Crippen LogP contribution in [0.5, 0.6) is 0 Å². The molecule has 4 heteroatoms. The van der Waals surface area contributed by atoms with Crippen LogP contribution in [0.2, 0.25) is 0 Å². The van der Waals surface area contributed by atoms with Crippen molar-refractivity contribution in [3.8, 4) is 27.9 Å². The first-order valence-corrected chi connectivity index (χ1v) is 24.7. The molecule has 65 heavy (non-hydrogen) atoms. The lowest BCUT2D eigenvalue weighted by atomic mass is 9.57. The van der Waals surface area contributed by atoms with E-state index in [1.54, 1.807) is 0 Å². The molecule has 1 N–H and O–H groups in total. The van der Waals surface area contributed by atoms with Gasteiger partial charge in [0, 0.05) is 64.5 Å². The molecule has 0 amide bonds. The van der Waals surface area contributed by atoms with Crippen LogP contribution in [-0.4, -0.2) is 11.8 Å². The van der Waals surface area contributed by atoms with E-state index < -0.39 is 0 Å². The number of anilines is 2. The lowest BCUT2D eigenvalue weighted by Gasteiger charge is -2.42. The van der Waals surface area contributed by atoms with Gasteiger partial charge in [-0.25, -0.2) is 0 Å². The zero-order chi connectivity index (χ0) is 45.3. The van der Waals surface area contributed by atoms with Gasteiger partial charge in [0.15, 0.2) is 7.28 Å². The average Bonchev–Trinajstić information content (AvgIpc) is 3.87. The Morgan fingerprint density at radius 1 is 0.585 bits per heavy atom. The second kappa shape index (κ2) is 13.3. The maximum atomic E-state index is 4.12. The quantitative estimate of drug-likeness (QED) is 0.175. The highest BCUT2D eigenvalue weighted by molar-refractivity contribution is 7.26. The molecule has 9 aromatic rings. The molecule has 2 aliphatic carbocycles. The Kier molecular flexibility index (Phi) is 8.36. The summed E-state index contributed by atoms with van der Waals surface area (Å²) >= 11 is 1.91. The number of nitrogens with one attached hydrogen (secondary N) is 1. The Labute approximate surface area is 390 Å². The van der Waals surface area contributed by atoms with Gasteiger partial charge in [0.2, 0.25) is 0 Å². The molecule has 0 unspecified atom stereocenters. The van der Waals surface area contributed by atoms with E-state index in [0.29, 0.717) is 0 Å². The van der Waals surface area contributed by atoms with E-state index in [0.717, 1.165) is 18.5 Å². The van der Waals surface area contributed by atoms with Gasteiger partial charge in [0.1, 0.15) is 0 Å². The zero-order valence-electron chi connectivity index (χ0n) is 40.3. The second-order valence-electron chi connectivity index (χ2n) is 23.6. The number of nitrogens with zero attached hydrogens (tertiary/aromatic N) is 1. The van der Waals surface area contributed by atoms with Gasteiger partial charge in [-0.15, -0.1) is 11.3 Å². The average molecular weight is 864 g/mol. The van der Waals surface area contributed by atoms with E-state index in [1.807, 2.05) is 11.3 Å². The van der Waals surface area contributed by atoms with Crippen LogP contribution in [0.15, 0.2) is 115 Å². The van der Waals surface area contributed by atoms with Crippen LogP contribution in [0.3, 0.4) is 0 Å². The third-order valence-corrected chi connectivity index (χ3v) is 17.1. The maximum Gasteiger partial charge on any atom is 0.198 e. The fraction of sp³-hybridized carbons (Fsp3) is 0.311. The van der Waals surface area contributed by atoms with E-state index in [9.17, 15) is 0 Å². The number of hydrogen-bond acceptors (Lipinski definition) is 2. The number of aromatic nitrogens is 1. The summed E-state index contributed by atoms with van der Waals surface area (Å²) in [6.45, 7) is 28.8. The summed E-state index contributed by atoms with van der Waals surface area (Å²) in [5.74, 6) is 0. The molecule has 0 atom stereocenters. The first-order valence-electron chi connectivity index (χ1n) is 23.9. The molecule has 3 aliphatic rings. The number of benzene rings is 7. The minimum atomic E-state index is -0.254. The summed E-state index contributed by atoms with van der Waals surface area (Å²) in [5, 5.41) is 9.53. The number of fused-ring (bicyclic) bond motifs is 13. The van der Waals surface area contributed by atoms with E-state index >= 15 is 0 Å². The van der Waals surface area contributed by atoms with Crippen LogP contribution < -0.4 is 16.2 Å². The third-order valence-electron chi connectivity index (χ3n) is 16.0. The zero-order valence-corrected chi connectivity index (χ0v) is 41.1. The van der Waals surface area contributed by atoms with Crippen LogP contribution >= 0.6 is 11.3 Å². The van der Waals surface area contributed by atoms with Crippen molar-refractivity contribution in [3.05, 3.63) is 149 Å². The van der Waals surface area contributed by atoms with Gasteiger partial charge in [0.25, 0.3) is 0 Å². The van der Waals surface area contributed by atoms with Crippen LogP contribution in [0.4, 0.5) is 11.4 Å². The summed E-state index contributed by atoms with van der Waals surface area (Å²) in [6.07, 6.45) is 2.32. The molecular weight excluding hydrogens is 804 g/mol. The largest absolute Gasteiger partial charge is 0.355 e. The Hall–Kier alpha value is -5.58. The van der Waals surface area contributed by atoms with Crippen LogP contribution in [0, 0.1) is 0 Å². The molecule has 0 fully saturated rings. The molecule has 0 saturated heterocycles. The molecule has 0 bridgehead atoms. The third kappa shape index (κ3) is 5.84. The van der Waals surface area contributed by atoms with E-state index in [1.165, 1.54) is 120 Å². The minimum absolute atomic E-state index is 0.00558. The fourth-order valence-corrected chi connectivity index (χ4v) is 13.2. The predicted octanol–water partition coefficient (Wildman–Crippen LogP) is 15.8. The molecule has 323 valence electrons. The molecule has 1 aliphatic heterocycles. The van der Waals surface area contributed by atoms with Crippen molar-refractivity contribution >= 4 is 82.9 Å². The Bertz CT molecular complexity index is 3520. The van der Waals surface area contributed by atoms with Gasteiger partial charge in [-0.1, -0.05) is 149 Å². The standard InChI is InChI=1S/C61H60BN2S/c1-57(2,3)34-21-24-36(25-22-34)63-46-32-44-43(59(7,8)27-28-60(44,9)10)30-40(46)52-51-38-18-13-15-19-42(38)61(11,12)54(51)53-41-29-35(58(4,5)6)23-26-47(41)64-48-31-39-37-17-14-16-20-49(37)65-50(39)33-45(48)62-55(52)56(53)64/h13-26,29-33,63H,27-28H2,1-12H3. The van der Waals surface area contributed by atoms with Crippen molar-refractivity contribution in [2.75, 3.05) is 5.32 Å². The van der Waals surface area contributed by atoms with Crippen LogP contribution in [0.25, 0.3) is 69.9 Å². The van der Waals surface area contributed by atoms with Crippen molar-refractivity contribution < 1.29 is 0 Å². The number of thiophene rings is 1. The van der Waals surface area contributed by atoms with Crippen LogP contribution in [0.1, 0.15) is 129 Å². The van der Waals surface area contributed by atoms with E-state index in [2.05, 4.69) is 216 Å². The Balaban J connectivity index is 1.27. The van der Waals surface area contributed by atoms with Crippen molar-refractivity contribution in [1.82, 2.24) is 4.57 Å². The molecule has 2 aromatic heterocycles. The Morgan fingerprint density at radius 3 is 1.97 bits per heavy atom. The molecule has 2 nitrogen and oxygen atoms in total. The van der Waals surface area contributed by atoms with Gasteiger partial charge in [0.05, 0.1) is 5.52 Å². The van der Waals surface area contributed by atoms with E-state index in [4.69, 9.17) is 0 Å². The Morgan fingerprint density at radius 2 is 1.25 bits per heavy atom. The van der Waals surface area contributed by atoms with E-state index in [-0.39, 0.29) is 27.1 Å². The number of rotatable bonds is 3. The topological polar surface area (TPSA) is 17.0 Å². The summed E-state index contributed by atoms with van der Waals surface area (Å²) in [5.41, 5.74) is 22.5. The summed E-state index contributed by atoms with van der Waals surface area (Å²) < 4.78 is 5.34. The summed E-state index contributed by atoms with van der Waals surface area (Å²) in [7, 11) is 2.57.